The summed E-state index contributed by atoms with van der Waals surface area (Å²) in [4.78, 5) is 2.18. The highest BCUT2D eigenvalue weighted by Crippen LogP contribution is 2.40. The molecule has 0 aliphatic carbocycles. The molecular formula is C16H15N. The molecule has 0 spiro atoms. The van der Waals surface area contributed by atoms with Crippen molar-refractivity contribution in [1.82, 2.24) is 4.90 Å². The van der Waals surface area contributed by atoms with E-state index in [-0.39, 0.29) is 0 Å². The molecule has 0 radical (unpaired) electrons. The van der Waals surface area contributed by atoms with E-state index in [1.54, 1.807) is 0 Å². The molecule has 0 saturated carbocycles. The third-order valence-electron chi connectivity index (χ3n) is 3.49. The molecule has 0 fully saturated rings. The fourth-order valence-electron chi connectivity index (χ4n) is 2.66. The Hall–Kier alpha value is -2.02. The van der Waals surface area contributed by atoms with E-state index in [0.717, 1.165) is 17.9 Å². The molecule has 2 aromatic carbocycles. The van der Waals surface area contributed by atoms with E-state index >= 15 is 0 Å². The number of benzene rings is 2. The topological polar surface area (TPSA) is 3.24 Å². The summed E-state index contributed by atoms with van der Waals surface area (Å²) >= 11 is 0. The summed E-state index contributed by atoms with van der Waals surface area (Å²) in [6.45, 7) is 11.4. The highest BCUT2D eigenvalue weighted by atomic mass is 15.1. The van der Waals surface area contributed by atoms with Gasteiger partial charge in [-0.2, -0.15) is 0 Å². The van der Waals surface area contributed by atoms with E-state index in [2.05, 4.69) is 61.4 Å². The van der Waals surface area contributed by atoms with Crippen molar-refractivity contribution in [2.24, 2.45) is 0 Å². The zero-order chi connectivity index (χ0) is 12.0. The Morgan fingerprint density at radius 2 is 1.47 bits per heavy atom. The van der Waals surface area contributed by atoms with Crippen molar-refractivity contribution in [3.05, 3.63) is 60.7 Å². The van der Waals surface area contributed by atoms with Crippen LogP contribution in [0.5, 0.6) is 0 Å². The van der Waals surface area contributed by atoms with Crippen molar-refractivity contribution in [2.45, 2.75) is 6.92 Å². The van der Waals surface area contributed by atoms with Crippen LogP contribution in [0, 0.1) is 0 Å². The number of nitrogens with zero attached hydrogens (tertiary/aromatic N) is 1. The van der Waals surface area contributed by atoms with Crippen LogP contribution in [-0.2, 0) is 0 Å². The molecule has 0 unspecified atom stereocenters. The van der Waals surface area contributed by atoms with E-state index in [0.29, 0.717) is 0 Å². The minimum absolute atomic E-state index is 0.905. The van der Waals surface area contributed by atoms with E-state index in [1.165, 1.54) is 21.9 Å². The lowest BCUT2D eigenvalue weighted by molar-refractivity contribution is 0.588. The van der Waals surface area contributed by atoms with Crippen molar-refractivity contribution in [2.75, 3.05) is 6.54 Å². The normalized spacial score (nSPS) is 14.5. The average molecular weight is 221 g/mol. The van der Waals surface area contributed by atoms with Crippen molar-refractivity contribution >= 4 is 22.2 Å². The average Bonchev–Trinajstić information content (AvgIpc) is 2.36. The molecule has 0 aromatic heterocycles. The molecule has 1 heteroatoms. The molecule has 17 heavy (non-hydrogen) atoms. The summed E-state index contributed by atoms with van der Waals surface area (Å²) in [6, 6.07) is 12.8. The molecule has 2 aromatic rings. The van der Waals surface area contributed by atoms with Crippen LogP contribution < -0.4 is 0 Å². The summed E-state index contributed by atoms with van der Waals surface area (Å²) in [6.07, 6.45) is 0. The van der Waals surface area contributed by atoms with Gasteiger partial charge in [0.15, 0.2) is 0 Å². The fraction of sp³-hybridized carbons (Fsp3) is 0.125. The maximum absolute atomic E-state index is 4.21. The summed E-state index contributed by atoms with van der Waals surface area (Å²) in [5, 5.41) is 2.55. The molecule has 1 nitrogen and oxygen atoms in total. The molecule has 1 aliphatic rings. The standard InChI is InChI=1S/C16H15N/c1-4-17-11(2)14-9-5-7-13-8-6-10-15(12(17)3)16(13)14/h5-10H,2-4H2,1H3. The molecule has 0 bridgehead atoms. The minimum Gasteiger partial charge on any atom is -0.342 e. The van der Waals surface area contributed by atoms with E-state index in [1.807, 2.05) is 0 Å². The number of rotatable bonds is 1. The zero-order valence-corrected chi connectivity index (χ0v) is 10.0. The Kier molecular flexibility index (Phi) is 2.08. The summed E-state index contributed by atoms with van der Waals surface area (Å²) in [5.41, 5.74) is 4.57. The Morgan fingerprint density at radius 3 is 1.94 bits per heavy atom. The van der Waals surface area contributed by atoms with Gasteiger partial charge in [0.2, 0.25) is 0 Å². The summed E-state index contributed by atoms with van der Waals surface area (Å²) in [7, 11) is 0. The van der Waals surface area contributed by atoms with Gasteiger partial charge in [0.1, 0.15) is 0 Å². The third kappa shape index (κ3) is 1.26. The van der Waals surface area contributed by atoms with Crippen molar-refractivity contribution in [1.29, 1.82) is 0 Å². The second kappa shape index (κ2) is 3.49. The van der Waals surface area contributed by atoms with Gasteiger partial charge in [-0.15, -0.1) is 0 Å². The zero-order valence-electron chi connectivity index (χ0n) is 10.0. The first-order chi connectivity index (χ1) is 8.24. The lowest BCUT2D eigenvalue weighted by Gasteiger charge is -2.33. The molecule has 1 heterocycles. The maximum atomic E-state index is 4.21. The van der Waals surface area contributed by atoms with Crippen LogP contribution in [0.15, 0.2) is 49.6 Å². The molecule has 0 saturated heterocycles. The summed E-state index contributed by atoms with van der Waals surface area (Å²) in [5.74, 6) is 0. The Balaban J connectivity index is 2.43. The molecule has 0 amide bonds. The fourth-order valence-corrected chi connectivity index (χ4v) is 2.66. The van der Waals surface area contributed by atoms with Gasteiger partial charge in [-0.05, 0) is 12.3 Å². The van der Waals surface area contributed by atoms with Gasteiger partial charge < -0.3 is 4.90 Å². The number of hydrogen-bond acceptors (Lipinski definition) is 1. The molecule has 3 rings (SSSR count). The van der Waals surface area contributed by atoms with Crippen LogP contribution in [0.4, 0.5) is 0 Å². The van der Waals surface area contributed by atoms with E-state index in [9.17, 15) is 0 Å². The molecular weight excluding hydrogens is 206 g/mol. The Labute approximate surface area is 102 Å². The van der Waals surface area contributed by atoms with Crippen molar-refractivity contribution < 1.29 is 0 Å². The second-order valence-corrected chi connectivity index (χ2v) is 4.35. The van der Waals surface area contributed by atoms with Crippen molar-refractivity contribution in [3.63, 3.8) is 0 Å². The third-order valence-corrected chi connectivity index (χ3v) is 3.49. The van der Waals surface area contributed by atoms with E-state index < -0.39 is 0 Å². The van der Waals surface area contributed by atoms with Gasteiger partial charge in [-0.1, -0.05) is 49.6 Å². The Morgan fingerprint density at radius 1 is 0.941 bits per heavy atom. The van der Waals surface area contributed by atoms with Crippen LogP contribution in [0.25, 0.3) is 22.2 Å². The van der Waals surface area contributed by atoms with E-state index in [4.69, 9.17) is 0 Å². The minimum atomic E-state index is 0.905. The quantitative estimate of drug-likeness (QED) is 0.700. The van der Waals surface area contributed by atoms with Crippen molar-refractivity contribution in [3.8, 4) is 0 Å². The first-order valence-electron chi connectivity index (χ1n) is 5.92. The second-order valence-electron chi connectivity index (χ2n) is 4.35. The monoisotopic (exact) mass is 221 g/mol. The number of hydrogen-bond donors (Lipinski definition) is 0. The van der Waals surface area contributed by atoms with Gasteiger partial charge >= 0.3 is 0 Å². The summed E-state index contributed by atoms with van der Waals surface area (Å²) < 4.78 is 0. The van der Waals surface area contributed by atoms with Gasteiger partial charge in [0.25, 0.3) is 0 Å². The SMILES string of the molecule is C=C1c2cccc3cccc(c23)C(=C)N1CC. The predicted octanol–water partition coefficient (Wildman–Crippen LogP) is 4.12. The van der Waals surface area contributed by atoms with Gasteiger partial charge in [-0.3, -0.25) is 0 Å². The first-order valence-corrected chi connectivity index (χ1v) is 5.92. The van der Waals surface area contributed by atoms with Gasteiger partial charge in [0, 0.05) is 34.5 Å². The highest BCUT2D eigenvalue weighted by molar-refractivity contribution is 6.05. The first kappa shape index (κ1) is 10.2. The molecule has 1 aliphatic heterocycles. The molecule has 84 valence electrons. The van der Waals surface area contributed by atoms with Crippen LogP contribution in [0.2, 0.25) is 0 Å². The van der Waals surface area contributed by atoms with Crippen LogP contribution in [0.3, 0.4) is 0 Å². The van der Waals surface area contributed by atoms with Gasteiger partial charge in [-0.25, -0.2) is 0 Å². The maximum Gasteiger partial charge on any atom is 0.0417 e. The largest absolute Gasteiger partial charge is 0.342 e. The lowest BCUT2D eigenvalue weighted by Crippen LogP contribution is -2.22. The predicted molar refractivity (Wildman–Crippen MR) is 74.4 cm³/mol. The smallest absolute Gasteiger partial charge is 0.0417 e. The van der Waals surface area contributed by atoms with Crippen LogP contribution in [0.1, 0.15) is 18.1 Å². The molecule has 0 N–H and O–H groups in total. The lowest BCUT2D eigenvalue weighted by atomic mass is 9.91. The van der Waals surface area contributed by atoms with Gasteiger partial charge in [0.05, 0.1) is 0 Å². The van der Waals surface area contributed by atoms with Crippen LogP contribution in [-0.4, -0.2) is 11.4 Å². The Bertz CT molecular complexity index is 586. The highest BCUT2D eigenvalue weighted by Gasteiger charge is 2.22. The van der Waals surface area contributed by atoms with Crippen LogP contribution >= 0.6 is 0 Å². The molecule has 0 atom stereocenters.